The van der Waals surface area contributed by atoms with Crippen molar-refractivity contribution in [2.75, 3.05) is 25.0 Å². The molecule has 20 heavy (non-hydrogen) atoms. The minimum absolute atomic E-state index is 0. The van der Waals surface area contributed by atoms with Crippen molar-refractivity contribution in [1.29, 1.82) is 0 Å². The minimum atomic E-state index is 0. The maximum Gasteiger partial charge on any atom is 0.254 e. The molecule has 2 heterocycles. The zero-order chi connectivity index (χ0) is 13.4. The van der Waals surface area contributed by atoms with E-state index in [0.717, 1.165) is 18.5 Å². The van der Waals surface area contributed by atoms with Crippen LogP contribution in [0.25, 0.3) is 0 Å². The molecule has 5 heteroatoms. The van der Waals surface area contributed by atoms with E-state index >= 15 is 0 Å². The number of anilines is 1. The predicted octanol–water partition coefficient (Wildman–Crippen LogP) is 2.33. The van der Waals surface area contributed by atoms with Gasteiger partial charge in [0.15, 0.2) is 0 Å². The van der Waals surface area contributed by atoms with Crippen LogP contribution in [-0.2, 0) is 11.2 Å². The molecule has 1 saturated heterocycles. The van der Waals surface area contributed by atoms with E-state index in [-0.39, 0.29) is 30.5 Å². The van der Waals surface area contributed by atoms with Gasteiger partial charge in [-0.05, 0) is 44.0 Å². The smallest absolute Gasteiger partial charge is 0.254 e. The summed E-state index contributed by atoms with van der Waals surface area (Å²) in [4.78, 5) is 14.4. The van der Waals surface area contributed by atoms with Crippen LogP contribution in [0.15, 0.2) is 18.2 Å². The highest BCUT2D eigenvalue weighted by Crippen LogP contribution is 2.24. The molecule has 2 aliphatic rings. The van der Waals surface area contributed by atoms with Gasteiger partial charge in [-0.15, -0.1) is 12.4 Å². The number of fused-ring (bicyclic) bond motifs is 1. The number of amides is 1. The SMILES string of the molecule is C[C@@H]1CN(C(=O)c2ccc3c(c2)CCN3)C[C@H](C)O1.Cl. The first-order chi connectivity index (χ1) is 9.13. The van der Waals surface area contributed by atoms with Crippen molar-refractivity contribution in [2.45, 2.75) is 32.5 Å². The molecule has 0 aliphatic carbocycles. The maximum absolute atomic E-state index is 12.5. The van der Waals surface area contributed by atoms with Gasteiger partial charge in [0.05, 0.1) is 12.2 Å². The third-order valence-corrected chi connectivity index (χ3v) is 3.77. The van der Waals surface area contributed by atoms with Crippen LogP contribution in [0.3, 0.4) is 0 Å². The zero-order valence-electron chi connectivity index (χ0n) is 11.9. The van der Waals surface area contributed by atoms with E-state index in [1.165, 1.54) is 11.3 Å². The summed E-state index contributed by atoms with van der Waals surface area (Å²) in [5.74, 6) is 0.122. The van der Waals surface area contributed by atoms with Gasteiger partial charge in [-0.3, -0.25) is 4.79 Å². The summed E-state index contributed by atoms with van der Waals surface area (Å²) in [5, 5.41) is 3.31. The third-order valence-electron chi connectivity index (χ3n) is 3.77. The van der Waals surface area contributed by atoms with Gasteiger partial charge in [0.1, 0.15) is 0 Å². The summed E-state index contributed by atoms with van der Waals surface area (Å²) in [6.45, 7) is 6.36. The molecule has 4 nitrogen and oxygen atoms in total. The van der Waals surface area contributed by atoms with E-state index in [1.807, 2.05) is 36.9 Å². The summed E-state index contributed by atoms with van der Waals surface area (Å²) in [7, 11) is 0. The number of nitrogens with one attached hydrogen (secondary N) is 1. The van der Waals surface area contributed by atoms with Gasteiger partial charge in [-0.2, -0.15) is 0 Å². The highest BCUT2D eigenvalue weighted by atomic mass is 35.5. The van der Waals surface area contributed by atoms with Gasteiger partial charge in [-0.1, -0.05) is 0 Å². The Hall–Kier alpha value is -1.26. The van der Waals surface area contributed by atoms with Gasteiger partial charge in [0.2, 0.25) is 0 Å². The lowest BCUT2D eigenvalue weighted by atomic mass is 10.1. The normalized spacial score (nSPS) is 24.6. The molecule has 0 unspecified atom stereocenters. The first-order valence-corrected chi connectivity index (χ1v) is 6.95. The molecule has 2 aliphatic heterocycles. The number of morpholine rings is 1. The molecule has 1 amide bonds. The Bertz CT molecular complexity index is 497. The fourth-order valence-corrected chi connectivity index (χ4v) is 2.96. The van der Waals surface area contributed by atoms with Crippen LogP contribution in [0.4, 0.5) is 5.69 Å². The van der Waals surface area contributed by atoms with Crippen molar-refractivity contribution < 1.29 is 9.53 Å². The van der Waals surface area contributed by atoms with Crippen molar-refractivity contribution in [3.8, 4) is 0 Å². The van der Waals surface area contributed by atoms with Gasteiger partial charge >= 0.3 is 0 Å². The van der Waals surface area contributed by atoms with Crippen molar-refractivity contribution in [2.24, 2.45) is 0 Å². The van der Waals surface area contributed by atoms with Gasteiger partial charge < -0.3 is 15.0 Å². The Morgan fingerprint density at radius 1 is 1.30 bits per heavy atom. The van der Waals surface area contributed by atoms with Crippen LogP contribution in [0, 0.1) is 0 Å². The second-order valence-corrected chi connectivity index (χ2v) is 5.52. The first kappa shape index (κ1) is 15.1. The lowest BCUT2D eigenvalue weighted by Gasteiger charge is -2.35. The fourth-order valence-electron chi connectivity index (χ4n) is 2.96. The molecule has 0 bridgehead atoms. The lowest BCUT2D eigenvalue weighted by molar-refractivity contribution is -0.0586. The molecule has 1 aromatic rings. The summed E-state index contributed by atoms with van der Waals surface area (Å²) in [5.41, 5.74) is 3.21. The number of nitrogens with zero attached hydrogens (tertiary/aromatic N) is 1. The second-order valence-electron chi connectivity index (χ2n) is 5.52. The number of benzene rings is 1. The van der Waals surface area contributed by atoms with E-state index in [1.54, 1.807) is 0 Å². The average molecular weight is 297 g/mol. The van der Waals surface area contributed by atoms with Crippen molar-refractivity contribution >= 4 is 24.0 Å². The minimum Gasteiger partial charge on any atom is -0.384 e. The van der Waals surface area contributed by atoms with Crippen LogP contribution in [0.2, 0.25) is 0 Å². The third kappa shape index (κ3) is 2.91. The van der Waals surface area contributed by atoms with Crippen LogP contribution < -0.4 is 5.32 Å². The van der Waals surface area contributed by atoms with E-state index in [2.05, 4.69) is 5.32 Å². The Labute approximate surface area is 125 Å². The topological polar surface area (TPSA) is 41.6 Å². The molecule has 1 N–H and O–H groups in total. The molecule has 0 spiro atoms. The highest BCUT2D eigenvalue weighted by molar-refractivity contribution is 5.95. The fraction of sp³-hybridized carbons (Fsp3) is 0.533. The molecule has 110 valence electrons. The maximum atomic E-state index is 12.5. The van der Waals surface area contributed by atoms with Crippen LogP contribution in [0.1, 0.15) is 29.8 Å². The number of halogens is 1. The largest absolute Gasteiger partial charge is 0.384 e. The number of ether oxygens (including phenoxy) is 1. The van der Waals surface area contributed by atoms with E-state index in [4.69, 9.17) is 4.74 Å². The summed E-state index contributed by atoms with van der Waals surface area (Å²) in [6.07, 6.45) is 1.24. The van der Waals surface area contributed by atoms with Crippen molar-refractivity contribution in [1.82, 2.24) is 4.90 Å². The van der Waals surface area contributed by atoms with Crippen molar-refractivity contribution in [3.63, 3.8) is 0 Å². The number of rotatable bonds is 1. The van der Waals surface area contributed by atoms with Gasteiger partial charge in [0, 0.05) is 30.9 Å². The van der Waals surface area contributed by atoms with Gasteiger partial charge in [0.25, 0.3) is 5.91 Å². The molecule has 3 rings (SSSR count). The monoisotopic (exact) mass is 296 g/mol. The first-order valence-electron chi connectivity index (χ1n) is 6.95. The second kappa shape index (κ2) is 6.02. The van der Waals surface area contributed by atoms with Crippen LogP contribution in [-0.4, -0.2) is 42.6 Å². The summed E-state index contributed by atoms with van der Waals surface area (Å²) < 4.78 is 5.67. The number of hydrogen-bond acceptors (Lipinski definition) is 3. The molecule has 0 radical (unpaired) electrons. The molecular weight excluding hydrogens is 276 g/mol. The predicted molar refractivity (Wildman–Crippen MR) is 81.8 cm³/mol. The molecule has 0 aromatic heterocycles. The Morgan fingerprint density at radius 2 is 2.00 bits per heavy atom. The number of carbonyl (C=O) groups is 1. The molecule has 2 atom stereocenters. The standard InChI is InChI=1S/C15H20N2O2.ClH/c1-10-8-17(9-11(2)19-10)15(18)13-3-4-14-12(7-13)5-6-16-14;/h3-4,7,10-11,16H,5-6,8-9H2,1-2H3;1H/t10-,11+;. The summed E-state index contributed by atoms with van der Waals surface area (Å²) >= 11 is 0. The number of carbonyl (C=O) groups excluding carboxylic acids is 1. The average Bonchev–Trinajstić information content (AvgIpc) is 2.83. The Kier molecular flexibility index (Phi) is 4.55. The van der Waals surface area contributed by atoms with E-state index in [9.17, 15) is 4.79 Å². The van der Waals surface area contributed by atoms with Crippen LogP contribution >= 0.6 is 12.4 Å². The molecule has 1 aromatic carbocycles. The zero-order valence-corrected chi connectivity index (χ0v) is 12.7. The van der Waals surface area contributed by atoms with E-state index in [0.29, 0.717) is 13.1 Å². The Morgan fingerprint density at radius 3 is 2.70 bits per heavy atom. The Balaban J connectivity index is 0.00000147. The molecule has 0 saturated carbocycles. The van der Waals surface area contributed by atoms with E-state index < -0.39 is 0 Å². The molecular formula is C15H21ClN2O2. The number of hydrogen-bond donors (Lipinski definition) is 1. The van der Waals surface area contributed by atoms with Crippen molar-refractivity contribution in [3.05, 3.63) is 29.3 Å². The molecule has 1 fully saturated rings. The quantitative estimate of drug-likeness (QED) is 0.865. The summed E-state index contributed by atoms with van der Waals surface area (Å²) in [6, 6.07) is 5.97. The van der Waals surface area contributed by atoms with Crippen LogP contribution in [0.5, 0.6) is 0 Å². The van der Waals surface area contributed by atoms with Gasteiger partial charge in [-0.25, -0.2) is 0 Å². The highest BCUT2D eigenvalue weighted by Gasteiger charge is 2.27. The lowest BCUT2D eigenvalue weighted by Crippen LogP contribution is -2.48.